The summed E-state index contributed by atoms with van der Waals surface area (Å²) in [5.41, 5.74) is 2.85. The van der Waals surface area contributed by atoms with Crippen LogP contribution < -0.4 is 9.64 Å². The van der Waals surface area contributed by atoms with Crippen molar-refractivity contribution >= 4 is 11.6 Å². The number of hydrogen-bond acceptors (Lipinski definition) is 3. The van der Waals surface area contributed by atoms with Gasteiger partial charge in [-0.25, -0.2) is 4.39 Å². The molecule has 0 saturated heterocycles. The van der Waals surface area contributed by atoms with E-state index in [-0.39, 0.29) is 11.7 Å². The maximum Gasteiger partial charge on any atom is 0.260 e. The summed E-state index contributed by atoms with van der Waals surface area (Å²) in [6.07, 6.45) is 0.650. The lowest BCUT2D eigenvalue weighted by Crippen LogP contribution is -2.38. The quantitative estimate of drug-likeness (QED) is 0.716. The molecule has 26 heavy (non-hydrogen) atoms. The molecule has 0 aliphatic carbocycles. The van der Waals surface area contributed by atoms with Crippen LogP contribution in [0.15, 0.2) is 66.7 Å². The molecule has 0 spiro atoms. The summed E-state index contributed by atoms with van der Waals surface area (Å²) < 4.78 is 18.8. The van der Waals surface area contributed by atoms with Crippen LogP contribution in [0.2, 0.25) is 0 Å². The number of rotatable bonds is 4. The highest BCUT2D eigenvalue weighted by atomic mass is 19.1. The van der Waals surface area contributed by atoms with Crippen LogP contribution in [0.25, 0.3) is 0 Å². The molecule has 2 aromatic carbocycles. The predicted molar refractivity (Wildman–Crippen MR) is 96.8 cm³/mol. The Labute approximate surface area is 150 Å². The predicted octanol–water partition coefficient (Wildman–Crippen LogP) is 4.00. The number of carbonyl (C=O) groups is 1. The van der Waals surface area contributed by atoms with Gasteiger partial charge in [-0.2, -0.15) is 0 Å². The highest BCUT2D eigenvalue weighted by molar-refractivity contribution is 6.07. The number of nitrogens with zero attached hydrogens (tertiary/aromatic N) is 2. The Kier molecular flexibility index (Phi) is 4.35. The molecule has 5 heteroatoms. The molecule has 3 aromatic rings. The average Bonchev–Trinajstić information content (AvgIpc) is 2.68. The number of aromatic nitrogens is 1. The third kappa shape index (κ3) is 3.28. The van der Waals surface area contributed by atoms with Gasteiger partial charge in [0, 0.05) is 18.7 Å². The zero-order valence-electron chi connectivity index (χ0n) is 14.1. The van der Waals surface area contributed by atoms with E-state index < -0.39 is 0 Å². The Morgan fingerprint density at radius 2 is 1.77 bits per heavy atom. The molecular formula is C21H17FN2O2. The number of fused-ring (bicyclic) bond motifs is 1. The molecule has 4 rings (SSSR count). The molecule has 4 nitrogen and oxygen atoms in total. The topological polar surface area (TPSA) is 42.4 Å². The molecule has 0 saturated carbocycles. The van der Waals surface area contributed by atoms with E-state index in [1.54, 1.807) is 23.1 Å². The average molecular weight is 348 g/mol. The van der Waals surface area contributed by atoms with Crippen molar-refractivity contribution in [3.05, 3.63) is 89.5 Å². The highest BCUT2D eigenvalue weighted by Crippen LogP contribution is 2.24. The Morgan fingerprint density at radius 1 is 1.00 bits per heavy atom. The van der Waals surface area contributed by atoms with Crippen LogP contribution >= 0.6 is 0 Å². The number of amides is 1. The summed E-state index contributed by atoms with van der Waals surface area (Å²) in [7, 11) is 0. The van der Waals surface area contributed by atoms with Crippen molar-refractivity contribution in [2.45, 2.75) is 13.0 Å². The van der Waals surface area contributed by atoms with Gasteiger partial charge in [-0.1, -0.05) is 18.2 Å². The van der Waals surface area contributed by atoms with E-state index in [1.807, 2.05) is 36.4 Å². The lowest BCUT2D eigenvalue weighted by Gasteiger charge is -2.28. The minimum atomic E-state index is -0.316. The van der Waals surface area contributed by atoms with Gasteiger partial charge in [0.25, 0.3) is 5.91 Å². The van der Waals surface area contributed by atoms with Crippen molar-refractivity contribution < 1.29 is 13.9 Å². The largest absolute Gasteiger partial charge is 0.487 e. The van der Waals surface area contributed by atoms with Crippen molar-refractivity contribution in [2.75, 3.05) is 11.4 Å². The SMILES string of the molecule is O=C1c2ccc(COc3ccccc3)nc2CCN1c1ccc(F)cc1. The minimum absolute atomic E-state index is 0.110. The summed E-state index contributed by atoms with van der Waals surface area (Å²) in [4.78, 5) is 19.0. The third-order valence-electron chi connectivity index (χ3n) is 4.35. The van der Waals surface area contributed by atoms with Crippen LogP contribution in [0.5, 0.6) is 5.75 Å². The molecule has 0 fully saturated rings. The Morgan fingerprint density at radius 3 is 2.54 bits per heavy atom. The number of benzene rings is 2. The van der Waals surface area contributed by atoms with Crippen LogP contribution in [0.4, 0.5) is 10.1 Å². The van der Waals surface area contributed by atoms with Crippen molar-refractivity contribution in [2.24, 2.45) is 0 Å². The van der Waals surface area contributed by atoms with Crippen LogP contribution in [-0.4, -0.2) is 17.4 Å². The molecule has 2 heterocycles. The number of pyridine rings is 1. The van der Waals surface area contributed by atoms with E-state index in [4.69, 9.17) is 4.74 Å². The number of hydrogen-bond donors (Lipinski definition) is 0. The molecule has 0 bridgehead atoms. The summed E-state index contributed by atoms with van der Waals surface area (Å²) >= 11 is 0. The van der Waals surface area contributed by atoms with Gasteiger partial charge < -0.3 is 9.64 Å². The van der Waals surface area contributed by atoms with E-state index in [0.29, 0.717) is 30.8 Å². The van der Waals surface area contributed by atoms with Gasteiger partial charge in [-0.05, 0) is 48.5 Å². The van der Waals surface area contributed by atoms with Crippen LogP contribution in [0.3, 0.4) is 0 Å². The van der Waals surface area contributed by atoms with Gasteiger partial charge in [0.15, 0.2) is 0 Å². The lowest BCUT2D eigenvalue weighted by atomic mass is 10.0. The van der Waals surface area contributed by atoms with E-state index in [9.17, 15) is 9.18 Å². The van der Waals surface area contributed by atoms with Crippen molar-refractivity contribution in [1.82, 2.24) is 4.98 Å². The second kappa shape index (κ2) is 6.96. The Balaban J connectivity index is 1.51. The smallest absolute Gasteiger partial charge is 0.260 e. The molecule has 130 valence electrons. The summed E-state index contributed by atoms with van der Waals surface area (Å²) in [6.45, 7) is 0.876. The van der Waals surface area contributed by atoms with Crippen LogP contribution in [0, 0.1) is 5.82 Å². The minimum Gasteiger partial charge on any atom is -0.487 e. The van der Waals surface area contributed by atoms with Gasteiger partial charge in [0.1, 0.15) is 18.2 Å². The first-order valence-electron chi connectivity index (χ1n) is 8.45. The van der Waals surface area contributed by atoms with Crippen molar-refractivity contribution in [3.63, 3.8) is 0 Å². The van der Waals surface area contributed by atoms with Gasteiger partial charge in [-0.15, -0.1) is 0 Å². The molecule has 0 unspecified atom stereocenters. The molecule has 1 aliphatic heterocycles. The zero-order chi connectivity index (χ0) is 17.9. The Bertz CT molecular complexity index is 927. The standard InChI is InChI=1S/C21H17FN2O2/c22-15-6-9-17(10-7-15)24-13-12-20-19(21(24)25)11-8-16(23-20)14-26-18-4-2-1-3-5-18/h1-11H,12-14H2. The van der Waals surface area contributed by atoms with Gasteiger partial charge in [0.05, 0.1) is 17.0 Å². The third-order valence-corrected chi connectivity index (χ3v) is 4.35. The van der Waals surface area contributed by atoms with Crippen LogP contribution in [-0.2, 0) is 13.0 Å². The molecule has 1 aromatic heterocycles. The van der Waals surface area contributed by atoms with Gasteiger partial charge in [-0.3, -0.25) is 9.78 Å². The number of carbonyl (C=O) groups excluding carboxylic acids is 1. The number of anilines is 1. The first-order chi connectivity index (χ1) is 12.7. The molecule has 0 radical (unpaired) electrons. The molecule has 0 N–H and O–H groups in total. The fourth-order valence-electron chi connectivity index (χ4n) is 3.02. The monoisotopic (exact) mass is 348 g/mol. The molecule has 0 atom stereocenters. The normalized spacial score (nSPS) is 13.4. The lowest BCUT2D eigenvalue weighted by molar-refractivity contribution is 0.0979. The summed E-state index contributed by atoms with van der Waals surface area (Å²) in [5, 5.41) is 0. The van der Waals surface area contributed by atoms with E-state index in [1.165, 1.54) is 12.1 Å². The zero-order valence-corrected chi connectivity index (χ0v) is 14.1. The summed E-state index contributed by atoms with van der Waals surface area (Å²) in [5.74, 6) is 0.356. The number of para-hydroxylation sites is 1. The fraction of sp³-hybridized carbons (Fsp3) is 0.143. The molecular weight excluding hydrogens is 331 g/mol. The fourth-order valence-corrected chi connectivity index (χ4v) is 3.02. The van der Waals surface area contributed by atoms with Crippen LogP contribution in [0.1, 0.15) is 21.7 Å². The molecule has 1 amide bonds. The highest BCUT2D eigenvalue weighted by Gasteiger charge is 2.26. The van der Waals surface area contributed by atoms with Gasteiger partial charge in [0.2, 0.25) is 0 Å². The van der Waals surface area contributed by atoms with E-state index >= 15 is 0 Å². The first-order valence-corrected chi connectivity index (χ1v) is 8.45. The van der Waals surface area contributed by atoms with Crippen molar-refractivity contribution in [1.29, 1.82) is 0 Å². The molecule has 1 aliphatic rings. The maximum absolute atomic E-state index is 13.1. The Hall–Kier alpha value is -3.21. The summed E-state index contributed by atoms with van der Waals surface area (Å²) in [6, 6.07) is 19.1. The number of halogens is 1. The number of ether oxygens (including phenoxy) is 1. The first kappa shape index (κ1) is 16.3. The maximum atomic E-state index is 13.1. The second-order valence-electron chi connectivity index (χ2n) is 6.08. The van der Waals surface area contributed by atoms with E-state index in [2.05, 4.69) is 4.98 Å². The van der Waals surface area contributed by atoms with E-state index in [0.717, 1.165) is 17.1 Å². The second-order valence-corrected chi connectivity index (χ2v) is 6.08. The van der Waals surface area contributed by atoms with Crippen molar-refractivity contribution in [3.8, 4) is 5.75 Å². The van der Waals surface area contributed by atoms with Gasteiger partial charge >= 0.3 is 0 Å².